The van der Waals surface area contributed by atoms with E-state index in [1.54, 1.807) is 0 Å². The molecular weight excluding hydrogens is 240 g/mol. The van der Waals surface area contributed by atoms with Crippen molar-refractivity contribution >= 4 is 17.8 Å². The first-order valence-corrected chi connectivity index (χ1v) is 7.09. The summed E-state index contributed by atoms with van der Waals surface area (Å²) in [5, 5.41) is 3.25. The monoisotopic (exact) mass is 264 g/mol. The fourth-order valence-corrected chi connectivity index (χ4v) is 1.95. The van der Waals surface area contributed by atoms with Crippen molar-refractivity contribution in [3.63, 3.8) is 0 Å². The molecule has 0 amide bonds. The summed E-state index contributed by atoms with van der Waals surface area (Å²) >= 11 is 0. The predicted molar refractivity (Wildman–Crippen MR) is 79.0 cm³/mol. The number of nitrogens with zero attached hydrogens (tertiary/aromatic N) is 5. The molecule has 6 heteroatoms. The Morgan fingerprint density at radius 3 is 2.32 bits per heavy atom. The summed E-state index contributed by atoms with van der Waals surface area (Å²) < 4.78 is 0. The van der Waals surface area contributed by atoms with E-state index >= 15 is 0 Å². The summed E-state index contributed by atoms with van der Waals surface area (Å²) in [6.07, 6.45) is 3.54. The van der Waals surface area contributed by atoms with E-state index in [9.17, 15) is 0 Å². The van der Waals surface area contributed by atoms with Crippen LogP contribution >= 0.6 is 0 Å². The van der Waals surface area contributed by atoms with Gasteiger partial charge in [-0.3, -0.25) is 0 Å². The van der Waals surface area contributed by atoms with Crippen LogP contribution in [0.5, 0.6) is 0 Å². The van der Waals surface area contributed by atoms with Crippen LogP contribution in [-0.4, -0.2) is 48.2 Å². The number of anilines is 3. The van der Waals surface area contributed by atoms with Gasteiger partial charge in [-0.25, -0.2) is 0 Å². The van der Waals surface area contributed by atoms with Gasteiger partial charge < -0.3 is 15.1 Å². The maximum absolute atomic E-state index is 4.56. The van der Waals surface area contributed by atoms with Gasteiger partial charge in [0.05, 0.1) is 0 Å². The van der Waals surface area contributed by atoms with E-state index in [0.717, 1.165) is 25.5 Å². The van der Waals surface area contributed by atoms with Gasteiger partial charge in [-0.15, -0.1) is 0 Å². The second kappa shape index (κ2) is 6.04. The number of rotatable bonds is 7. The lowest BCUT2D eigenvalue weighted by molar-refractivity contribution is 0.774. The van der Waals surface area contributed by atoms with Crippen LogP contribution in [0.15, 0.2) is 0 Å². The molecular formula is C13H24N6. The summed E-state index contributed by atoms with van der Waals surface area (Å²) in [7, 11) is 3.91. The highest BCUT2D eigenvalue weighted by Gasteiger charge is 2.30. The van der Waals surface area contributed by atoms with Crippen LogP contribution in [0.3, 0.4) is 0 Å². The third-order valence-corrected chi connectivity index (χ3v) is 3.13. The molecule has 6 nitrogen and oxygen atoms in total. The van der Waals surface area contributed by atoms with Gasteiger partial charge in [0.25, 0.3) is 0 Å². The number of hydrogen-bond donors (Lipinski definition) is 1. The first-order valence-electron chi connectivity index (χ1n) is 7.09. The van der Waals surface area contributed by atoms with Gasteiger partial charge in [-0.05, 0) is 26.2 Å². The summed E-state index contributed by atoms with van der Waals surface area (Å²) in [4.78, 5) is 17.7. The molecule has 0 spiro atoms. The lowest BCUT2D eigenvalue weighted by Crippen LogP contribution is -2.28. The first-order chi connectivity index (χ1) is 9.15. The van der Waals surface area contributed by atoms with E-state index in [1.165, 1.54) is 12.8 Å². The van der Waals surface area contributed by atoms with Crippen molar-refractivity contribution in [1.29, 1.82) is 0 Å². The molecule has 19 heavy (non-hydrogen) atoms. The van der Waals surface area contributed by atoms with Gasteiger partial charge in [-0.2, -0.15) is 15.0 Å². The highest BCUT2D eigenvalue weighted by atomic mass is 15.4. The van der Waals surface area contributed by atoms with Crippen molar-refractivity contribution < 1.29 is 0 Å². The zero-order valence-corrected chi connectivity index (χ0v) is 12.3. The quantitative estimate of drug-likeness (QED) is 0.809. The van der Waals surface area contributed by atoms with Crippen LogP contribution in [0.25, 0.3) is 0 Å². The molecule has 1 aromatic heterocycles. The largest absolute Gasteiger partial charge is 0.354 e. The highest BCUT2D eigenvalue weighted by Crippen LogP contribution is 2.30. The Balaban J connectivity index is 2.27. The minimum absolute atomic E-state index is 0.612. The number of nitrogens with one attached hydrogen (secondary N) is 1. The van der Waals surface area contributed by atoms with Crippen LogP contribution < -0.4 is 15.1 Å². The fourth-order valence-electron chi connectivity index (χ4n) is 1.95. The minimum atomic E-state index is 0.612. The fraction of sp³-hybridized carbons (Fsp3) is 0.769. The predicted octanol–water partition coefficient (Wildman–Crippen LogP) is 1.75. The van der Waals surface area contributed by atoms with Gasteiger partial charge in [0.2, 0.25) is 17.8 Å². The van der Waals surface area contributed by atoms with Gasteiger partial charge in [0.1, 0.15) is 0 Å². The molecule has 1 aromatic rings. The maximum Gasteiger partial charge on any atom is 0.232 e. The Hall–Kier alpha value is -1.59. The molecule has 0 atom stereocenters. The standard InChI is InChI=1S/C13H24N6/c1-5-9-14-11-15-12(18(3)4)17-13(16-11)19(6-2)10-7-8-10/h10H,5-9H2,1-4H3,(H,14,15,16,17). The zero-order valence-electron chi connectivity index (χ0n) is 12.3. The van der Waals surface area contributed by atoms with Gasteiger partial charge in [-0.1, -0.05) is 6.92 Å². The van der Waals surface area contributed by atoms with Gasteiger partial charge >= 0.3 is 0 Å². The maximum atomic E-state index is 4.56. The summed E-state index contributed by atoms with van der Waals surface area (Å²) in [6.45, 7) is 6.10. The Kier molecular flexibility index (Phi) is 4.39. The van der Waals surface area contributed by atoms with Crippen molar-refractivity contribution in [2.45, 2.75) is 39.2 Å². The molecule has 1 N–H and O–H groups in total. The average Bonchev–Trinajstić information content (AvgIpc) is 3.21. The molecule has 0 unspecified atom stereocenters. The molecule has 0 bridgehead atoms. The minimum Gasteiger partial charge on any atom is -0.354 e. The van der Waals surface area contributed by atoms with E-state index in [2.05, 4.69) is 39.0 Å². The van der Waals surface area contributed by atoms with Crippen molar-refractivity contribution in [2.75, 3.05) is 42.3 Å². The third kappa shape index (κ3) is 3.45. The van der Waals surface area contributed by atoms with E-state index < -0.39 is 0 Å². The SMILES string of the molecule is CCCNc1nc(N(C)C)nc(N(CC)C2CC2)n1. The zero-order chi connectivity index (χ0) is 13.8. The highest BCUT2D eigenvalue weighted by molar-refractivity contribution is 5.45. The molecule has 106 valence electrons. The molecule has 2 rings (SSSR count). The van der Waals surface area contributed by atoms with Crippen molar-refractivity contribution in [1.82, 2.24) is 15.0 Å². The van der Waals surface area contributed by atoms with Crippen LogP contribution in [-0.2, 0) is 0 Å². The molecule has 0 aliphatic heterocycles. The molecule has 0 saturated heterocycles. The topological polar surface area (TPSA) is 57.2 Å². The molecule has 0 aromatic carbocycles. The smallest absolute Gasteiger partial charge is 0.232 e. The number of hydrogen-bond acceptors (Lipinski definition) is 6. The molecule has 1 fully saturated rings. The van der Waals surface area contributed by atoms with E-state index in [0.29, 0.717) is 17.9 Å². The molecule has 0 radical (unpaired) electrons. The molecule has 1 saturated carbocycles. The van der Waals surface area contributed by atoms with Crippen molar-refractivity contribution in [2.24, 2.45) is 0 Å². The van der Waals surface area contributed by atoms with Crippen LogP contribution in [0.1, 0.15) is 33.1 Å². The Labute approximate surface area is 115 Å². The van der Waals surface area contributed by atoms with Gasteiger partial charge in [0.15, 0.2) is 0 Å². The van der Waals surface area contributed by atoms with E-state index in [1.807, 2.05) is 19.0 Å². The first kappa shape index (κ1) is 13.8. The van der Waals surface area contributed by atoms with Crippen LogP contribution in [0, 0.1) is 0 Å². The van der Waals surface area contributed by atoms with Crippen molar-refractivity contribution in [3.8, 4) is 0 Å². The molecule has 1 aliphatic carbocycles. The second-order valence-electron chi connectivity index (χ2n) is 5.10. The van der Waals surface area contributed by atoms with Crippen LogP contribution in [0.2, 0.25) is 0 Å². The molecule has 1 aliphatic rings. The van der Waals surface area contributed by atoms with E-state index in [4.69, 9.17) is 0 Å². The van der Waals surface area contributed by atoms with Gasteiger partial charge in [0, 0.05) is 33.2 Å². The summed E-state index contributed by atoms with van der Waals surface area (Å²) in [6, 6.07) is 0.612. The summed E-state index contributed by atoms with van der Waals surface area (Å²) in [5.74, 6) is 2.18. The molecule has 1 heterocycles. The summed E-state index contributed by atoms with van der Waals surface area (Å²) in [5.41, 5.74) is 0. The Morgan fingerprint density at radius 2 is 1.79 bits per heavy atom. The lowest BCUT2D eigenvalue weighted by Gasteiger charge is -2.22. The van der Waals surface area contributed by atoms with Crippen molar-refractivity contribution in [3.05, 3.63) is 0 Å². The lowest BCUT2D eigenvalue weighted by atomic mass is 10.5. The Morgan fingerprint density at radius 1 is 1.11 bits per heavy atom. The van der Waals surface area contributed by atoms with Crippen LogP contribution in [0.4, 0.5) is 17.8 Å². The average molecular weight is 264 g/mol. The van der Waals surface area contributed by atoms with E-state index in [-0.39, 0.29) is 0 Å². The third-order valence-electron chi connectivity index (χ3n) is 3.13. The second-order valence-corrected chi connectivity index (χ2v) is 5.10. The number of aromatic nitrogens is 3. The normalized spacial score (nSPS) is 14.3. The Bertz CT molecular complexity index is 416.